The van der Waals surface area contributed by atoms with Gasteiger partial charge in [0.15, 0.2) is 0 Å². The summed E-state index contributed by atoms with van der Waals surface area (Å²) in [5.41, 5.74) is 7.49. The molecule has 3 nitrogen and oxygen atoms in total. The number of nitrogens with one attached hydrogen (secondary N) is 1. The van der Waals surface area contributed by atoms with E-state index >= 15 is 0 Å². The molecule has 1 fully saturated rings. The van der Waals surface area contributed by atoms with E-state index in [-0.39, 0.29) is 6.04 Å². The molecule has 3 N–H and O–H groups in total. The van der Waals surface area contributed by atoms with Gasteiger partial charge in [-0.3, -0.25) is 0 Å². The quantitative estimate of drug-likeness (QED) is 0.705. The third-order valence-electron chi connectivity index (χ3n) is 3.72. The normalized spacial score (nSPS) is 20.6. The molecule has 0 saturated carbocycles. The summed E-state index contributed by atoms with van der Waals surface area (Å²) in [6.07, 6.45) is 6.15. The Morgan fingerprint density at radius 2 is 2.16 bits per heavy atom. The summed E-state index contributed by atoms with van der Waals surface area (Å²) in [5.74, 6) is 0. The van der Waals surface area contributed by atoms with Crippen molar-refractivity contribution in [1.82, 2.24) is 5.32 Å². The first-order valence-electron chi connectivity index (χ1n) is 7.46. The Hall–Kier alpha value is -0.900. The molecule has 0 spiro atoms. The summed E-state index contributed by atoms with van der Waals surface area (Å²) < 4.78 is 5.59. The van der Waals surface area contributed by atoms with Crippen molar-refractivity contribution in [3.8, 4) is 0 Å². The Labute approximate surface area is 116 Å². The van der Waals surface area contributed by atoms with Crippen LogP contribution in [0.4, 0.5) is 0 Å². The Morgan fingerprint density at radius 1 is 1.32 bits per heavy atom. The van der Waals surface area contributed by atoms with Crippen molar-refractivity contribution in [2.24, 2.45) is 5.73 Å². The minimum atomic E-state index is 0.240. The van der Waals surface area contributed by atoms with Crippen LogP contribution < -0.4 is 11.1 Å². The lowest BCUT2D eigenvalue weighted by atomic mass is 10.1. The highest BCUT2D eigenvalue weighted by molar-refractivity contribution is 5.14. The van der Waals surface area contributed by atoms with E-state index in [1.54, 1.807) is 0 Å². The molecule has 2 atom stereocenters. The Balaban J connectivity index is 1.51. The molecule has 0 amide bonds. The molecule has 19 heavy (non-hydrogen) atoms. The SMILES string of the molecule is NC(CCc1ccccc1)CNCCC1CCCO1. The van der Waals surface area contributed by atoms with Gasteiger partial charge in [0.2, 0.25) is 0 Å². The summed E-state index contributed by atoms with van der Waals surface area (Å²) in [4.78, 5) is 0. The second kappa shape index (κ2) is 8.31. The molecule has 1 aliphatic heterocycles. The minimum Gasteiger partial charge on any atom is -0.378 e. The molecule has 0 bridgehead atoms. The standard InChI is InChI=1S/C16H26N2O/c17-15(9-8-14-5-2-1-3-6-14)13-18-11-10-16-7-4-12-19-16/h1-3,5-6,15-16,18H,4,7-13,17H2. The highest BCUT2D eigenvalue weighted by Crippen LogP contribution is 2.14. The highest BCUT2D eigenvalue weighted by atomic mass is 16.5. The van der Waals surface area contributed by atoms with Crippen molar-refractivity contribution in [2.75, 3.05) is 19.7 Å². The molecule has 106 valence electrons. The number of benzene rings is 1. The minimum absolute atomic E-state index is 0.240. The topological polar surface area (TPSA) is 47.3 Å². The van der Waals surface area contributed by atoms with Crippen LogP contribution in [0.1, 0.15) is 31.2 Å². The monoisotopic (exact) mass is 262 g/mol. The van der Waals surface area contributed by atoms with Crippen LogP contribution in [0.2, 0.25) is 0 Å². The van der Waals surface area contributed by atoms with Crippen molar-refractivity contribution in [1.29, 1.82) is 0 Å². The summed E-state index contributed by atoms with van der Waals surface area (Å²) in [6, 6.07) is 10.8. The molecule has 1 aromatic carbocycles. The number of aryl methyl sites for hydroxylation is 1. The van der Waals surface area contributed by atoms with E-state index in [0.717, 1.165) is 39.0 Å². The van der Waals surface area contributed by atoms with Gasteiger partial charge in [0, 0.05) is 19.2 Å². The zero-order valence-electron chi connectivity index (χ0n) is 11.7. The van der Waals surface area contributed by atoms with Crippen molar-refractivity contribution in [2.45, 2.75) is 44.2 Å². The fourth-order valence-corrected chi connectivity index (χ4v) is 2.52. The second-order valence-corrected chi connectivity index (χ2v) is 5.41. The van der Waals surface area contributed by atoms with Crippen molar-refractivity contribution < 1.29 is 4.74 Å². The third kappa shape index (κ3) is 5.72. The van der Waals surface area contributed by atoms with Crippen molar-refractivity contribution in [3.63, 3.8) is 0 Å². The number of hydrogen-bond donors (Lipinski definition) is 2. The number of nitrogens with two attached hydrogens (primary N) is 1. The second-order valence-electron chi connectivity index (χ2n) is 5.41. The zero-order chi connectivity index (χ0) is 13.3. The Morgan fingerprint density at radius 3 is 2.89 bits per heavy atom. The molecule has 0 aromatic heterocycles. The molecular weight excluding hydrogens is 236 g/mol. The van der Waals surface area contributed by atoms with Gasteiger partial charge >= 0.3 is 0 Å². The van der Waals surface area contributed by atoms with E-state index in [1.165, 1.54) is 18.4 Å². The molecule has 1 aliphatic rings. The van der Waals surface area contributed by atoms with Gasteiger partial charge in [-0.15, -0.1) is 0 Å². The lowest BCUT2D eigenvalue weighted by Crippen LogP contribution is -2.35. The third-order valence-corrected chi connectivity index (χ3v) is 3.72. The first-order valence-corrected chi connectivity index (χ1v) is 7.46. The number of rotatable bonds is 8. The van der Waals surface area contributed by atoms with E-state index < -0.39 is 0 Å². The number of hydrogen-bond acceptors (Lipinski definition) is 3. The molecular formula is C16H26N2O. The maximum Gasteiger partial charge on any atom is 0.0588 e. The van der Waals surface area contributed by atoms with Crippen LogP contribution in [-0.2, 0) is 11.2 Å². The summed E-state index contributed by atoms with van der Waals surface area (Å²) in [6.45, 7) is 2.87. The lowest BCUT2D eigenvalue weighted by molar-refractivity contribution is 0.104. The van der Waals surface area contributed by atoms with E-state index in [4.69, 9.17) is 10.5 Å². The van der Waals surface area contributed by atoms with Gasteiger partial charge in [0.05, 0.1) is 6.10 Å². The van der Waals surface area contributed by atoms with Gasteiger partial charge in [-0.2, -0.15) is 0 Å². The molecule has 1 saturated heterocycles. The van der Waals surface area contributed by atoms with Gasteiger partial charge < -0.3 is 15.8 Å². The molecule has 2 rings (SSSR count). The van der Waals surface area contributed by atoms with E-state index in [0.29, 0.717) is 6.10 Å². The molecule has 2 unspecified atom stereocenters. The van der Waals surface area contributed by atoms with Crippen molar-refractivity contribution in [3.05, 3.63) is 35.9 Å². The van der Waals surface area contributed by atoms with E-state index in [2.05, 4.69) is 35.6 Å². The van der Waals surface area contributed by atoms with E-state index in [9.17, 15) is 0 Å². The predicted molar refractivity (Wildman–Crippen MR) is 79.2 cm³/mol. The van der Waals surface area contributed by atoms with Gasteiger partial charge in [-0.1, -0.05) is 30.3 Å². The summed E-state index contributed by atoms with van der Waals surface area (Å²) in [5, 5.41) is 3.44. The fourth-order valence-electron chi connectivity index (χ4n) is 2.52. The maximum atomic E-state index is 6.12. The molecule has 1 heterocycles. The molecule has 3 heteroatoms. The van der Waals surface area contributed by atoms with Crippen LogP contribution in [0, 0.1) is 0 Å². The van der Waals surface area contributed by atoms with Gasteiger partial charge in [0.25, 0.3) is 0 Å². The average molecular weight is 262 g/mol. The first-order chi connectivity index (χ1) is 9.34. The Kier molecular flexibility index (Phi) is 6.34. The number of ether oxygens (including phenoxy) is 1. The van der Waals surface area contributed by atoms with Crippen LogP contribution >= 0.6 is 0 Å². The molecule has 0 aliphatic carbocycles. The lowest BCUT2D eigenvalue weighted by Gasteiger charge is -2.14. The van der Waals surface area contributed by atoms with Crippen LogP contribution in [0.5, 0.6) is 0 Å². The van der Waals surface area contributed by atoms with Gasteiger partial charge in [-0.05, 0) is 44.2 Å². The van der Waals surface area contributed by atoms with Gasteiger partial charge in [-0.25, -0.2) is 0 Å². The smallest absolute Gasteiger partial charge is 0.0588 e. The largest absolute Gasteiger partial charge is 0.378 e. The summed E-state index contributed by atoms with van der Waals surface area (Å²) >= 11 is 0. The van der Waals surface area contributed by atoms with Crippen molar-refractivity contribution >= 4 is 0 Å². The Bertz CT molecular complexity index is 336. The maximum absolute atomic E-state index is 6.12. The predicted octanol–water partition coefficient (Wildman–Crippen LogP) is 2.11. The average Bonchev–Trinajstić information content (AvgIpc) is 2.96. The first kappa shape index (κ1) is 14.5. The van der Waals surface area contributed by atoms with Crippen LogP contribution in [0.3, 0.4) is 0 Å². The highest BCUT2D eigenvalue weighted by Gasteiger charge is 2.14. The van der Waals surface area contributed by atoms with Crippen LogP contribution in [0.25, 0.3) is 0 Å². The van der Waals surface area contributed by atoms with Crippen LogP contribution in [0.15, 0.2) is 30.3 Å². The molecule has 1 aromatic rings. The fraction of sp³-hybridized carbons (Fsp3) is 0.625. The van der Waals surface area contributed by atoms with Gasteiger partial charge in [0.1, 0.15) is 0 Å². The van der Waals surface area contributed by atoms with Crippen LogP contribution in [-0.4, -0.2) is 31.8 Å². The summed E-state index contributed by atoms with van der Waals surface area (Å²) in [7, 11) is 0. The zero-order valence-corrected chi connectivity index (χ0v) is 11.7. The van der Waals surface area contributed by atoms with E-state index in [1.807, 2.05) is 0 Å². The molecule has 0 radical (unpaired) electrons.